The van der Waals surface area contributed by atoms with Crippen molar-refractivity contribution in [3.8, 4) is 0 Å². The lowest BCUT2D eigenvalue weighted by Crippen LogP contribution is -2.27. The van der Waals surface area contributed by atoms with Crippen LogP contribution in [0.3, 0.4) is 0 Å². The maximum absolute atomic E-state index is 7.15. The van der Waals surface area contributed by atoms with Crippen LogP contribution in [0.4, 0.5) is 0 Å². The lowest BCUT2D eigenvalue weighted by atomic mass is 9.91. The molecular formula is C23H55N7. The van der Waals surface area contributed by atoms with E-state index in [2.05, 4.69) is 51.5 Å². The summed E-state index contributed by atoms with van der Waals surface area (Å²) >= 11 is 0. The first-order chi connectivity index (χ1) is 12.8. The van der Waals surface area contributed by atoms with Gasteiger partial charge in [-0.25, -0.2) is 4.99 Å². The Labute approximate surface area is 188 Å². The molecule has 0 saturated heterocycles. The van der Waals surface area contributed by atoms with Crippen molar-refractivity contribution in [1.29, 1.82) is 5.41 Å². The fourth-order valence-corrected chi connectivity index (χ4v) is 0.749. The molecule has 30 heavy (non-hydrogen) atoms. The Morgan fingerprint density at radius 1 is 0.733 bits per heavy atom. The second-order valence-electron chi connectivity index (χ2n) is 11.9. The van der Waals surface area contributed by atoms with Crippen molar-refractivity contribution >= 4 is 17.5 Å². The Morgan fingerprint density at radius 3 is 1.07 bits per heavy atom. The molecule has 0 saturated carbocycles. The Bertz CT molecular complexity index is 498. The lowest BCUT2D eigenvalue weighted by molar-refractivity contribution is 0.428. The molecule has 0 unspecified atom stereocenters. The third-order valence-corrected chi connectivity index (χ3v) is 3.00. The van der Waals surface area contributed by atoms with Crippen LogP contribution in [-0.4, -0.2) is 36.1 Å². The molecule has 0 atom stereocenters. The van der Waals surface area contributed by atoms with Crippen molar-refractivity contribution in [2.45, 2.75) is 102 Å². The highest BCUT2D eigenvalue weighted by atomic mass is 15.0. The van der Waals surface area contributed by atoms with E-state index in [1.54, 1.807) is 0 Å². The first kappa shape index (κ1) is 35.8. The fourth-order valence-electron chi connectivity index (χ4n) is 0.749. The molecule has 0 bridgehead atoms. The average molecular weight is 430 g/mol. The highest BCUT2D eigenvalue weighted by Gasteiger charge is 2.11. The molecule has 0 rings (SSSR count). The van der Waals surface area contributed by atoms with Gasteiger partial charge in [-0.1, -0.05) is 62.3 Å². The van der Waals surface area contributed by atoms with E-state index < -0.39 is 0 Å². The third kappa shape index (κ3) is 50.3. The van der Waals surface area contributed by atoms with Gasteiger partial charge in [0.25, 0.3) is 0 Å². The van der Waals surface area contributed by atoms with E-state index in [0.29, 0.717) is 11.3 Å². The van der Waals surface area contributed by atoms with Gasteiger partial charge in [0.15, 0.2) is 5.96 Å². The smallest absolute Gasteiger partial charge is 0.186 e. The van der Waals surface area contributed by atoms with Crippen LogP contribution in [-0.2, 0) is 0 Å². The number of aliphatic imine (C=N–C) groups is 2. The molecule has 0 aliphatic heterocycles. The van der Waals surface area contributed by atoms with E-state index in [9.17, 15) is 0 Å². The van der Waals surface area contributed by atoms with Crippen molar-refractivity contribution < 1.29 is 0 Å². The SMILES string of the molecule is CC(=N)C(C)(C)C.CC(C)(C)CN.CC(C)(C)N=C(N)N.CC(N)=NCC(C)(C)C. The maximum atomic E-state index is 7.15. The summed E-state index contributed by atoms with van der Waals surface area (Å²) in [5, 5.41) is 7.15. The lowest BCUT2D eigenvalue weighted by Gasteiger charge is -2.14. The molecule has 0 heterocycles. The molecule has 0 fully saturated rings. The second kappa shape index (κ2) is 15.2. The number of hydrogen-bond acceptors (Lipinski definition) is 4. The molecule has 0 aromatic carbocycles. The summed E-state index contributed by atoms with van der Waals surface area (Å²) in [5.41, 5.74) is 22.1. The monoisotopic (exact) mass is 429 g/mol. The number of nitrogens with one attached hydrogen (secondary N) is 1. The molecular weight excluding hydrogens is 374 g/mol. The van der Waals surface area contributed by atoms with Gasteiger partial charge < -0.3 is 28.3 Å². The molecule has 0 aliphatic carbocycles. The highest BCUT2D eigenvalue weighted by Crippen LogP contribution is 2.13. The van der Waals surface area contributed by atoms with Gasteiger partial charge in [0.2, 0.25) is 0 Å². The van der Waals surface area contributed by atoms with Crippen LogP contribution in [0.15, 0.2) is 9.98 Å². The second-order valence-corrected chi connectivity index (χ2v) is 11.9. The predicted octanol–water partition coefficient (Wildman–Crippen LogP) is 4.53. The van der Waals surface area contributed by atoms with Gasteiger partial charge in [0.05, 0.1) is 11.4 Å². The summed E-state index contributed by atoms with van der Waals surface area (Å²) < 4.78 is 0. The van der Waals surface area contributed by atoms with Crippen molar-refractivity contribution in [1.82, 2.24) is 0 Å². The minimum atomic E-state index is -0.140. The molecule has 9 N–H and O–H groups in total. The van der Waals surface area contributed by atoms with E-state index in [4.69, 9.17) is 28.3 Å². The molecule has 0 radical (unpaired) electrons. The summed E-state index contributed by atoms with van der Waals surface area (Å²) in [7, 11) is 0. The van der Waals surface area contributed by atoms with E-state index in [1.807, 2.05) is 55.4 Å². The quantitative estimate of drug-likeness (QED) is 0.307. The van der Waals surface area contributed by atoms with E-state index in [1.165, 1.54) is 0 Å². The van der Waals surface area contributed by atoms with Gasteiger partial charge in [-0.2, -0.15) is 0 Å². The highest BCUT2D eigenvalue weighted by molar-refractivity contribution is 5.83. The molecule has 0 aliphatic rings. The molecule has 0 aromatic rings. The van der Waals surface area contributed by atoms with Crippen LogP contribution in [0, 0.1) is 21.7 Å². The summed E-state index contributed by atoms with van der Waals surface area (Å²) in [4.78, 5) is 7.97. The van der Waals surface area contributed by atoms with Gasteiger partial charge in [0.1, 0.15) is 0 Å². The Balaban J connectivity index is -0.000000152. The zero-order chi connectivity index (χ0) is 25.6. The van der Waals surface area contributed by atoms with Crippen molar-refractivity contribution in [3.05, 3.63) is 0 Å². The molecule has 182 valence electrons. The summed E-state index contributed by atoms with van der Waals surface area (Å²) in [6.07, 6.45) is 0. The van der Waals surface area contributed by atoms with Crippen molar-refractivity contribution in [3.63, 3.8) is 0 Å². The van der Waals surface area contributed by atoms with Crippen LogP contribution in [0.1, 0.15) is 96.9 Å². The molecule has 7 heteroatoms. The topological polar surface area (TPSA) is 153 Å². The Hall–Kier alpha value is -1.63. The number of hydrogen-bond donors (Lipinski definition) is 5. The van der Waals surface area contributed by atoms with E-state index in [0.717, 1.165) is 18.8 Å². The number of amidine groups is 1. The normalized spacial score (nSPS) is 12.2. The Morgan fingerprint density at radius 2 is 1.03 bits per heavy atom. The van der Waals surface area contributed by atoms with Gasteiger partial charge >= 0.3 is 0 Å². The standard InChI is InChI=1S/C7H16N2.C6H13N.C5H13N3.C5H13N/c1-6(8)9-5-7(2,3)4;1-5(7)6(2,3)4;1-5(2,3)8-4(6)7;1-5(2,3)4-6/h5H2,1-4H3,(H2,8,9);7H,1-4H3;1-3H3,(H4,6,7,8);4,6H2,1-3H3. The van der Waals surface area contributed by atoms with Gasteiger partial charge in [-0.05, 0) is 57.4 Å². The summed E-state index contributed by atoms with van der Waals surface area (Å²) in [6, 6.07) is 0. The number of nitrogens with zero attached hydrogens (tertiary/aromatic N) is 2. The number of rotatable bonds is 1. The number of guanidine groups is 1. The van der Waals surface area contributed by atoms with Crippen LogP contribution in [0.2, 0.25) is 0 Å². The van der Waals surface area contributed by atoms with Crippen LogP contribution in [0.25, 0.3) is 0 Å². The van der Waals surface area contributed by atoms with Gasteiger partial charge in [-0.15, -0.1) is 0 Å². The summed E-state index contributed by atoms with van der Waals surface area (Å²) in [6.45, 7) is 29.9. The molecule has 0 spiro atoms. The first-order valence-electron chi connectivity index (χ1n) is 10.5. The van der Waals surface area contributed by atoms with Crippen LogP contribution < -0.4 is 22.9 Å². The number of nitrogens with two attached hydrogens (primary N) is 4. The zero-order valence-electron chi connectivity index (χ0n) is 22.6. The largest absolute Gasteiger partial charge is 0.388 e. The van der Waals surface area contributed by atoms with Gasteiger partial charge in [-0.3, -0.25) is 4.99 Å². The van der Waals surface area contributed by atoms with Crippen molar-refractivity contribution in [2.75, 3.05) is 13.1 Å². The average Bonchev–Trinajstić information content (AvgIpc) is 2.42. The molecule has 7 nitrogen and oxygen atoms in total. The first-order valence-corrected chi connectivity index (χ1v) is 10.5. The summed E-state index contributed by atoms with van der Waals surface area (Å²) in [5.74, 6) is 0.822. The fraction of sp³-hybridized carbons (Fsp3) is 0.870. The van der Waals surface area contributed by atoms with Crippen LogP contribution in [0.5, 0.6) is 0 Å². The van der Waals surface area contributed by atoms with E-state index >= 15 is 0 Å². The molecule has 0 aromatic heterocycles. The predicted molar refractivity (Wildman–Crippen MR) is 139 cm³/mol. The van der Waals surface area contributed by atoms with Crippen LogP contribution >= 0.6 is 0 Å². The Kier molecular flexibility index (Phi) is 18.1. The van der Waals surface area contributed by atoms with Crippen molar-refractivity contribution in [2.24, 2.45) is 49.2 Å². The molecule has 0 amide bonds. The third-order valence-electron chi connectivity index (χ3n) is 3.00. The minimum absolute atomic E-state index is 0.0833. The van der Waals surface area contributed by atoms with Gasteiger partial charge in [0, 0.05) is 12.3 Å². The maximum Gasteiger partial charge on any atom is 0.186 e. The zero-order valence-corrected chi connectivity index (χ0v) is 22.6. The van der Waals surface area contributed by atoms with E-state index in [-0.39, 0.29) is 22.3 Å². The minimum Gasteiger partial charge on any atom is -0.388 e.